The summed E-state index contributed by atoms with van der Waals surface area (Å²) in [6, 6.07) is 9.63. The third-order valence-corrected chi connectivity index (χ3v) is 4.07. The predicted octanol–water partition coefficient (Wildman–Crippen LogP) is 2.50. The fourth-order valence-electron chi connectivity index (χ4n) is 1.31. The van der Waals surface area contributed by atoms with E-state index in [1.165, 1.54) is 18.4 Å². The Morgan fingerprint density at radius 1 is 1.21 bits per heavy atom. The van der Waals surface area contributed by atoms with Gasteiger partial charge in [-0.05, 0) is 36.4 Å². The first-order valence-electron chi connectivity index (χ1n) is 5.25. The summed E-state index contributed by atoms with van der Waals surface area (Å²) in [6.07, 6.45) is 1.48. The normalized spacial score (nSPS) is 11.2. The number of nitrogens with one attached hydrogen (secondary N) is 2. The van der Waals surface area contributed by atoms with Crippen molar-refractivity contribution in [2.24, 2.45) is 0 Å². The van der Waals surface area contributed by atoms with Gasteiger partial charge in [0.15, 0.2) is 0 Å². The topological polar surface area (TPSA) is 71.3 Å². The number of hydrogen-bond acceptors (Lipinski definition) is 4. The van der Waals surface area contributed by atoms with E-state index >= 15 is 0 Å². The zero-order chi connectivity index (χ0) is 13.9. The fraction of sp³-hybridized carbons (Fsp3) is 0. The highest BCUT2D eigenvalue weighted by atomic mass is 79.9. The van der Waals surface area contributed by atoms with Crippen molar-refractivity contribution >= 4 is 31.7 Å². The molecule has 19 heavy (non-hydrogen) atoms. The van der Waals surface area contributed by atoms with Gasteiger partial charge in [0.05, 0.1) is 16.9 Å². The molecule has 0 aliphatic heterocycles. The van der Waals surface area contributed by atoms with Crippen LogP contribution >= 0.6 is 15.9 Å². The summed E-state index contributed by atoms with van der Waals surface area (Å²) in [5.41, 5.74) is 2.83. The third-order valence-electron chi connectivity index (χ3n) is 2.28. The molecule has 0 spiro atoms. The van der Waals surface area contributed by atoms with Crippen LogP contribution in [0.1, 0.15) is 5.76 Å². The zero-order valence-corrected chi connectivity index (χ0v) is 12.2. The first-order valence-corrected chi connectivity index (χ1v) is 7.53. The van der Waals surface area contributed by atoms with E-state index in [1.54, 1.807) is 24.3 Å². The summed E-state index contributed by atoms with van der Waals surface area (Å²) < 4.78 is 29.8. The summed E-state index contributed by atoms with van der Waals surface area (Å²) in [4.78, 5) is 2.38. The second-order valence-corrected chi connectivity index (χ2v) is 6.24. The molecule has 0 atom stereocenters. The van der Waals surface area contributed by atoms with Crippen molar-refractivity contribution in [3.05, 3.63) is 59.5 Å². The number of hydrazine groups is 1. The number of rotatable bonds is 5. The smallest absolute Gasteiger partial charge is 0.257 e. The molecule has 1 aromatic carbocycles. The minimum atomic E-state index is -3.65. The number of hydrogen-bond donors (Lipinski definition) is 2. The van der Waals surface area contributed by atoms with Crippen molar-refractivity contribution in [2.75, 3.05) is 0 Å². The van der Waals surface area contributed by atoms with Gasteiger partial charge in [-0.2, -0.15) is 0 Å². The van der Waals surface area contributed by atoms with Crippen molar-refractivity contribution in [3.8, 4) is 0 Å². The van der Waals surface area contributed by atoms with Crippen LogP contribution in [-0.4, -0.2) is 8.42 Å². The number of furan rings is 1. The van der Waals surface area contributed by atoms with E-state index in [0.29, 0.717) is 11.5 Å². The number of halogens is 1. The minimum Gasteiger partial charge on any atom is -0.463 e. The Hall–Kier alpha value is -1.57. The van der Waals surface area contributed by atoms with Crippen molar-refractivity contribution in [1.29, 1.82) is 0 Å². The molecule has 0 saturated heterocycles. The lowest BCUT2D eigenvalue weighted by atomic mass is 10.4. The summed E-state index contributed by atoms with van der Waals surface area (Å²) in [5, 5.41) is 0. The molecule has 2 N–H and O–H groups in total. The maximum atomic E-state index is 12.0. The van der Waals surface area contributed by atoms with Gasteiger partial charge in [0.25, 0.3) is 10.0 Å². The number of benzene rings is 1. The van der Waals surface area contributed by atoms with Crippen molar-refractivity contribution in [3.63, 3.8) is 0 Å². The van der Waals surface area contributed by atoms with Gasteiger partial charge >= 0.3 is 0 Å². The van der Waals surface area contributed by atoms with E-state index in [1.807, 2.05) is 0 Å². The highest BCUT2D eigenvalue weighted by molar-refractivity contribution is 9.10. The van der Waals surface area contributed by atoms with E-state index in [4.69, 9.17) is 4.42 Å². The van der Waals surface area contributed by atoms with Gasteiger partial charge in [-0.1, -0.05) is 22.5 Å². The molecule has 100 valence electrons. The Balaban J connectivity index is 2.06. The third kappa shape index (κ3) is 3.46. The first kappa shape index (κ1) is 13.9. The lowest BCUT2D eigenvalue weighted by Gasteiger charge is -2.10. The van der Waals surface area contributed by atoms with Crippen molar-refractivity contribution in [2.45, 2.75) is 4.90 Å². The predicted molar refractivity (Wildman–Crippen MR) is 75.3 cm³/mol. The van der Waals surface area contributed by atoms with Crippen LogP contribution in [0.15, 0.2) is 63.0 Å². The minimum absolute atomic E-state index is 0.149. The lowest BCUT2D eigenvalue weighted by Crippen LogP contribution is -2.35. The van der Waals surface area contributed by atoms with Gasteiger partial charge < -0.3 is 9.84 Å². The van der Waals surface area contributed by atoms with Crippen LogP contribution < -0.4 is 10.3 Å². The molecule has 0 aliphatic rings. The molecular weight excluding hydrogens is 332 g/mol. The summed E-state index contributed by atoms with van der Waals surface area (Å²) in [6.45, 7) is 3.67. The monoisotopic (exact) mass is 342 g/mol. The molecule has 5 nitrogen and oxygen atoms in total. The molecule has 0 radical (unpaired) electrons. The molecular formula is C12H11BrN2O3S. The Bertz CT molecular complexity index is 664. The average molecular weight is 343 g/mol. The van der Waals surface area contributed by atoms with Crippen molar-refractivity contribution in [1.82, 2.24) is 10.3 Å². The Labute approximate surface area is 119 Å². The summed E-state index contributed by atoms with van der Waals surface area (Å²) in [5.74, 6) is 0.457. The Morgan fingerprint density at radius 2 is 1.89 bits per heavy atom. The quantitative estimate of drug-likeness (QED) is 0.819. The SMILES string of the molecule is C=C(NNS(=O)(=O)c1ccc(Br)cc1)c1ccco1. The van der Waals surface area contributed by atoms with Crippen LogP contribution in [0.25, 0.3) is 5.70 Å². The molecule has 0 unspecified atom stereocenters. The molecule has 0 aliphatic carbocycles. The van der Waals surface area contributed by atoms with E-state index in [0.717, 1.165) is 4.47 Å². The Morgan fingerprint density at radius 3 is 2.47 bits per heavy atom. The molecule has 7 heteroatoms. The van der Waals surface area contributed by atoms with Gasteiger partial charge in [-0.15, -0.1) is 4.83 Å². The highest BCUT2D eigenvalue weighted by Crippen LogP contribution is 2.14. The number of sulfonamides is 1. The molecule has 0 fully saturated rings. The maximum absolute atomic E-state index is 12.0. The van der Waals surface area contributed by atoms with Gasteiger partial charge in [0.2, 0.25) is 0 Å². The molecule has 1 heterocycles. The van der Waals surface area contributed by atoms with Gasteiger partial charge in [-0.3, -0.25) is 0 Å². The molecule has 2 aromatic rings. The molecule has 0 bridgehead atoms. The lowest BCUT2D eigenvalue weighted by molar-refractivity contribution is 0.542. The fourth-order valence-corrected chi connectivity index (χ4v) is 2.45. The largest absolute Gasteiger partial charge is 0.463 e. The highest BCUT2D eigenvalue weighted by Gasteiger charge is 2.14. The summed E-state index contributed by atoms with van der Waals surface area (Å²) in [7, 11) is -3.65. The summed E-state index contributed by atoms with van der Waals surface area (Å²) >= 11 is 3.24. The van der Waals surface area contributed by atoms with E-state index < -0.39 is 10.0 Å². The second-order valence-electron chi connectivity index (χ2n) is 3.64. The van der Waals surface area contributed by atoms with Gasteiger partial charge in [0.1, 0.15) is 5.76 Å². The average Bonchev–Trinajstić information content (AvgIpc) is 2.90. The van der Waals surface area contributed by atoms with Crippen LogP contribution in [0.3, 0.4) is 0 Å². The maximum Gasteiger partial charge on any atom is 0.257 e. The van der Waals surface area contributed by atoms with Crippen LogP contribution in [0.2, 0.25) is 0 Å². The molecule has 2 rings (SSSR count). The van der Waals surface area contributed by atoms with E-state index in [9.17, 15) is 8.42 Å². The van der Waals surface area contributed by atoms with Crippen LogP contribution in [-0.2, 0) is 10.0 Å². The Kier molecular flexibility index (Phi) is 4.08. The zero-order valence-electron chi connectivity index (χ0n) is 9.76. The van der Waals surface area contributed by atoms with E-state index in [-0.39, 0.29) is 4.90 Å². The molecule has 0 saturated carbocycles. The van der Waals surface area contributed by atoms with Crippen LogP contribution in [0.5, 0.6) is 0 Å². The van der Waals surface area contributed by atoms with Gasteiger partial charge in [0, 0.05) is 4.47 Å². The second kappa shape index (κ2) is 5.60. The first-order chi connectivity index (χ1) is 8.99. The van der Waals surface area contributed by atoms with Crippen molar-refractivity contribution < 1.29 is 12.8 Å². The van der Waals surface area contributed by atoms with Crippen LogP contribution in [0.4, 0.5) is 0 Å². The van der Waals surface area contributed by atoms with Crippen LogP contribution in [0, 0.1) is 0 Å². The van der Waals surface area contributed by atoms with Gasteiger partial charge in [-0.25, -0.2) is 8.42 Å². The van der Waals surface area contributed by atoms with E-state index in [2.05, 4.69) is 32.8 Å². The molecule has 0 amide bonds. The standard InChI is InChI=1S/C12H11BrN2O3S/c1-9(12-3-2-8-18-12)14-15-19(16,17)11-6-4-10(13)5-7-11/h2-8,14-15H,1H2. The molecule has 1 aromatic heterocycles.